The van der Waals surface area contributed by atoms with Crippen LogP contribution in [0.25, 0.3) is 0 Å². The molecule has 0 aromatic heterocycles. The zero-order chi connectivity index (χ0) is 17.0. The molecule has 4 nitrogen and oxygen atoms in total. The molecule has 0 saturated carbocycles. The minimum Gasteiger partial charge on any atom is -0.467 e. The number of alkyl halides is 3. The maximum atomic E-state index is 12.7. The summed E-state index contributed by atoms with van der Waals surface area (Å²) in [5.41, 5.74) is -2.37. The van der Waals surface area contributed by atoms with E-state index in [4.69, 9.17) is 0 Å². The molecule has 7 heteroatoms. The Morgan fingerprint density at radius 2 is 1.91 bits per heavy atom. The van der Waals surface area contributed by atoms with Gasteiger partial charge in [0, 0.05) is 5.56 Å². The summed E-state index contributed by atoms with van der Waals surface area (Å²) in [4.78, 5) is 23.9. The number of esters is 1. The summed E-state index contributed by atoms with van der Waals surface area (Å²) in [6.45, 7) is 3.30. The number of hydrogen-bond donors (Lipinski definition) is 1. The largest absolute Gasteiger partial charge is 0.467 e. The van der Waals surface area contributed by atoms with Crippen molar-refractivity contribution in [1.82, 2.24) is 5.32 Å². The van der Waals surface area contributed by atoms with Gasteiger partial charge in [-0.1, -0.05) is 19.4 Å². The van der Waals surface area contributed by atoms with E-state index in [0.29, 0.717) is 12.8 Å². The first-order chi connectivity index (χ1) is 10.1. The van der Waals surface area contributed by atoms with E-state index in [0.717, 1.165) is 18.2 Å². The first-order valence-corrected chi connectivity index (χ1v) is 6.72. The molecule has 0 aliphatic rings. The molecule has 0 aliphatic heterocycles. The monoisotopic (exact) mass is 317 g/mol. The quantitative estimate of drug-likeness (QED) is 0.849. The van der Waals surface area contributed by atoms with Crippen LogP contribution in [-0.2, 0) is 15.7 Å². The predicted molar refractivity (Wildman–Crippen MR) is 74.2 cm³/mol. The normalized spacial score (nSPS) is 14.1. The summed E-state index contributed by atoms with van der Waals surface area (Å²) in [6.07, 6.45) is -3.63. The first kappa shape index (κ1) is 18.0. The third kappa shape index (κ3) is 4.22. The molecule has 1 rings (SSSR count). The Labute approximate surface area is 126 Å². The number of ether oxygens (including phenoxy) is 1. The molecule has 0 fully saturated rings. The van der Waals surface area contributed by atoms with Crippen LogP contribution < -0.4 is 5.32 Å². The van der Waals surface area contributed by atoms with E-state index in [1.807, 2.05) is 6.92 Å². The molecule has 0 saturated heterocycles. The van der Waals surface area contributed by atoms with E-state index in [-0.39, 0.29) is 5.56 Å². The van der Waals surface area contributed by atoms with E-state index >= 15 is 0 Å². The lowest BCUT2D eigenvalue weighted by Gasteiger charge is -2.27. The van der Waals surface area contributed by atoms with E-state index in [2.05, 4.69) is 10.1 Å². The standard InChI is InChI=1S/C15H18F3NO3/c1-4-8-14(2,13(21)22-3)19-12(20)10-6-5-7-11(9-10)15(16,17)18/h5-7,9H,4,8H2,1-3H3,(H,19,20). The summed E-state index contributed by atoms with van der Waals surface area (Å²) in [6, 6.07) is 4.03. The third-order valence-corrected chi connectivity index (χ3v) is 3.23. The van der Waals surface area contributed by atoms with Crippen LogP contribution >= 0.6 is 0 Å². The second-order valence-corrected chi connectivity index (χ2v) is 5.11. The highest BCUT2D eigenvalue weighted by atomic mass is 19.4. The number of benzene rings is 1. The van der Waals surface area contributed by atoms with Crippen LogP contribution in [0.15, 0.2) is 24.3 Å². The van der Waals surface area contributed by atoms with Gasteiger partial charge in [-0.2, -0.15) is 13.2 Å². The Hall–Kier alpha value is -2.05. The number of amides is 1. The molecule has 122 valence electrons. The van der Waals surface area contributed by atoms with Crippen LogP contribution in [0.3, 0.4) is 0 Å². The minimum atomic E-state index is -4.54. The summed E-state index contributed by atoms with van der Waals surface area (Å²) in [5, 5.41) is 2.46. The van der Waals surface area contributed by atoms with Gasteiger partial charge < -0.3 is 10.1 Å². The van der Waals surface area contributed by atoms with Crippen LogP contribution in [0.4, 0.5) is 13.2 Å². The van der Waals surface area contributed by atoms with Crippen molar-refractivity contribution >= 4 is 11.9 Å². The number of nitrogens with one attached hydrogen (secondary N) is 1. The van der Waals surface area contributed by atoms with E-state index < -0.39 is 29.2 Å². The zero-order valence-corrected chi connectivity index (χ0v) is 12.6. The number of methoxy groups -OCH3 is 1. The molecule has 1 aromatic carbocycles. The van der Waals surface area contributed by atoms with Crippen molar-refractivity contribution in [3.8, 4) is 0 Å². The molecule has 0 bridgehead atoms. The Morgan fingerprint density at radius 1 is 1.27 bits per heavy atom. The van der Waals surface area contributed by atoms with E-state index in [9.17, 15) is 22.8 Å². The maximum absolute atomic E-state index is 12.7. The van der Waals surface area contributed by atoms with Crippen molar-refractivity contribution in [1.29, 1.82) is 0 Å². The molecule has 0 aliphatic carbocycles. The van der Waals surface area contributed by atoms with E-state index in [1.165, 1.54) is 20.1 Å². The lowest BCUT2D eigenvalue weighted by Crippen LogP contribution is -2.52. The van der Waals surface area contributed by atoms with Gasteiger partial charge in [0.1, 0.15) is 5.54 Å². The predicted octanol–water partition coefficient (Wildman–Crippen LogP) is 3.17. The lowest BCUT2D eigenvalue weighted by atomic mass is 9.95. The molecule has 22 heavy (non-hydrogen) atoms. The number of hydrogen-bond acceptors (Lipinski definition) is 3. The van der Waals surface area contributed by atoms with Crippen LogP contribution in [-0.4, -0.2) is 24.5 Å². The highest BCUT2D eigenvalue weighted by Crippen LogP contribution is 2.29. The molecule has 1 atom stereocenters. The van der Waals surface area contributed by atoms with Gasteiger partial charge in [-0.3, -0.25) is 4.79 Å². The first-order valence-electron chi connectivity index (χ1n) is 6.72. The topological polar surface area (TPSA) is 55.4 Å². The average molecular weight is 317 g/mol. The number of halogens is 3. The van der Waals surface area contributed by atoms with Crippen molar-refractivity contribution in [2.24, 2.45) is 0 Å². The SMILES string of the molecule is CCCC(C)(NC(=O)c1cccc(C(F)(F)F)c1)C(=O)OC. The highest BCUT2D eigenvalue weighted by molar-refractivity contribution is 5.98. The zero-order valence-electron chi connectivity index (χ0n) is 12.6. The van der Waals surface area contributed by atoms with Crippen molar-refractivity contribution in [2.75, 3.05) is 7.11 Å². The summed E-state index contributed by atoms with van der Waals surface area (Å²) < 4.78 is 42.6. The molecule has 0 heterocycles. The van der Waals surface area contributed by atoms with Gasteiger partial charge in [-0.05, 0) is 31.5 Å². The maximum Gasteiger partial charge on any atom is 0.416 e. The Kier molecular flexibility index (Phi) is 5.57. The third-order valence-electron chi connectivity index (χ3n) is 3.23. The molecule has 1 amide bonds. The van der Waals surface area contributed by atoms with Crippen molar-refractivity contribution in [2.45, 2.75) is 38.4 Å². The molecule has 0 spiro atoms. The fourth-order valence-electron chi connectivity index (χ4n) is 2.10. The summed E-state index contributed by atoms with van der Waals surface area (Å²) >= 11 is 0. The van der Waals surface area contributed by atoms with Gasteiger partial charge in [0.2, 0.25) is 0 Å². The molecule has 1 unspecified atom stereocenters. The van der Waals surface area contributed by atoms with Gasteiger partial charge >= 0.3 is 12.1 Å². The van der Waals surface area contributed by atoms with Gasteiger partial charge in [-0.15, -0.1) is 0 Å². The number of carbonyl (C=O) groups excluding carboxylic acids is 2. The van der Waals surface area contributed by atoms with E-state index in [1.54, 1.807) is 0 Å². The average Bonchev–Trinajstić information content (AvgIpc) is 2.45. The number of rotatable bonds is 5. The van der Waals surface area contributed by atoms with Crippen LogP contribution in [0, 0.1) is 0 Å². The smallest absolute Gasteiger partial charge is 0.416 e. The molecular formula is C15H18F3NO3. The van der Waals surface area contributed by atoms with Gasteiger partial charge in [0.25, 0.3) is 5.91 Å². The van der Waals surface area contributed by atoms with Crippen molar-refractivity contribution in [3.05, 3.63) is 35.4 Å². The van der Waals surface area contributed by atoms with Crippen LogP contribution in [0.1, 0.15) is 42.6 Å². The van der Waals surface area contributed by atoms with Gasteiger partial charge in [-0.25, -0.2) is 4.79 Å². The summed E-state index contributed by atoms with van der Waals surface area (Å²) in [7, 11) is 1.19. The Balaban J connectivity index is 3.03. The Morgan fingerprint density at radius 3 is 2.41 bits per heavy atom. The van der Waals surface area contributed by atoms with Gasteiger partial charge in [0.15, 0.2) is 0 Å². The minimum absolute atomic E-state index is 0.166. The lowest BCUT2D eigenvalue weighted by molar-refractivity contribution is -0.147. The fourth-order valence-corrected chi connectivity index (χ4v) is 2.10. The van der Waals surface area contributed by atoms with Crippen LogP contribution in [0.5, 0.6) is 0 Å². The second-order valence-electron chi connectivity index (χ2n) is 5.11. The summed E-state index contributed by atoms with van der Waals surface area (Å²) in [5.74, 6) is -1.40. The van der Waals surface area contributed by atoms with Crippen LogP contribution in [0.2, 0.25) is 0 Å². The fraction of sp³-hybridized carbons (Fsp3) is 0.467. The van der Waals surface area contributed by atoms with Crippen molar-refractivity contribution in [3.63, 3.8) is 0 Å². The second kappa shape index (κ2) is 6.81. The highest BCUT2D eigenvalue weighted by Gasteiger charge is 2.36. The molecule has 1 aromatic rings. The van der Waals surface area contributed by atoms with Gasteiger partial charge in [0.05, 0.1) is 12.7 Å². The molecular weight excluding hydrogens is 299 g/mol. The molecule has 1 N–H and O–H groups in total. The Bertz CT molecular complexity index is 557. The van der Waals surface area contributed by atoms with Crippen molar-refractivity contribution < 1.29 is 27.5 Å². The number of carbonyl (C=O) groups is 2. The molecule has 0 radical (unpaired) electrons.